The molecule has 31 heavy (non-hydrogen) atoms. The molecule has 8 heteroatoms. The number of aliphatic hydroxyl groups is 1. The monoisotopic (exact) mass is 503 g/mol. The van der Waals surface area contributed by atoms with Crippen molar-refractivity contribution in [3.63, 3.8) is 0 Å². The summed E-state index contributed by atoms with van der Waals surface area (Å²) >= 11 is 9.91. The molecular weight excluding hydrogens is 482 g/mol. The number of guanidine groups is 1. The van der Waals surface area contributed by atoms with Crippen molar-refractivity contribution in [2.75, 3.05) is 0 Å². The van der Waals surface area contributed by atoms with Crippen LogP contribution in [0.4, 0.5) is 0 Å². The Morgan fingerprint density at radius 1 is 1.23 bits per heavy atom. The van der Waals surface area contributed by atoms with Gasteiger partial charge in [0.15, 0.2) is 0 Å². The normalized spacial score (nSPS) is 20.1. The summed E-state index contributed by atoms with van der Waals surface area (Å²) in [6, 6.07) is 10.9. The molecule has 1 fully saturated rings. The van der Waals surface area contributed by atoms with Gasteiger partial charge in [0.05, 0.1) is 18.6 Å². The lowest BCUT2D eigenvalue weighted by molar-refractivity contribution is -0.124. The molecule has 1 saturated carbocycles. The molecule has 4 rings (SSSR count). The third-order valence-corrected chi connectivity index (χ3v) is 6.78. The molecule has 2 aromatic carbocycles. The number of nitrogens with zero attached hydrogens (tertiary/aromatic N) is 1. The molecule has 162 valence electrons. The highest BCUT2D eigenvalue weighted by atomic mass is 79.9. The quantitative estimate of drug-likeness (QED) is 0.579. The van der Waals surface area contributed by atoms with Crippen LogP contribution in [0.3, 0.4) is 0 Å². The molecule has 0 bridgehead atoms. The van der Waals surface area contributed by atoms with Crippen LogP contribution in [0, 0.1) is 5.92 Å². The zero-order chi connectivity index (χ0) is 22.0. The highest BCUT2D eigenvalue weighted by Crippen LogP contribution is 2.30. The number of nitrogens with one attached hydrogen (secondary N) is 2. The van der Waals surface area contributed by atoms with E-state index in [-0.39, 0.29) is 36.3 Å². The van der Waals surface area contributed by atoms with Gasteiger partial charge in [-0.25, -0.2) is 4.99 Å². The number of benzene rings is 2. The number of carbonyl (C=O) groups is 2. The maximum absolute atomic E-state index is 13.0. The van der Waals surface area contributed by atoms with E-state index in [0.29, 0.717) is 29.0 Å². The van der Waals surface area contributed by atoms with E-state index in [0.717, 1.165) is 34.9 Å². The van der Waals surface area contributed by atoms with Crippen molar-refractivity contribution in [2.24, 2.45) is 10.9 Å². The SMILES string of the molecule is O=C(NC1=NC2CCCC2C(=O)N1)c1cccc(Cl)c1CCc1cc(Br)ccc1CO. The van der Waals surface area contributed by atoms with Crippen LogP contribution < -0.4 is 10.6 Å². The van der Waals surface area contributed by atoms with Gasteiger partial charge in [-0.2, -0.15) is 0 Å². The highest BCUT2D eigenvalue weighted by molar-refractivity contribution is 9.10. The molecule has 0 spiro atoms. The van der Waals surface area contributed by atoms with Gasteiger partial charge in [0.25, 0.3) is 5.91 Å². The van der Waals surface area contributed by atoms with Crippen LogP contribution in [-0.2, 0) is 24.2 Å². The van der Waals surface area contributed by atoms with Crippen molar-refractivity contribution in [1.82, 2.24) is 10.6 Å². The predicted octanol–water partition coefficient (Wildman–Crippen LogP) is 3.76. The van der Waals surface area contributed by atoms with Crippen LogP contribution in [0.2, 0.25) is 5.02 Å². The fraction of sp³-hybridized carbons (Fsp3) is 0.348. The Morgan fingerprint density at radius 2 is 2.06 bits per heavy atom. The Kier molecular flexibility index (Phi) is 6.74. The van der Waals surface area contributed by atoms with Gasteiger partial charge in [-0.1, -0.05) is 46.1 Å². The number of aliphatic imine (C=N–C) groups is 1. The number of amides is 2. The van der Waals surface area contributed by atoms with E-state index >= 15 is 0 Å². The molecule has 0 radical (unpaired) electrons. The minimum absolute atomic E-state index is 0.0554. The van der Waals surface area contributed by atoms with Crippen molar-refractivity contribution in [3.8, 4) is 0 Å². The van der Waals surface area contributed by atoms with E-state index in [1.165, 1.54) is 0 Å². The molecule has 0 aromatic heterocycles. The second kappa shape index (κ2) is 9.51. The van der Waals surface area contributed by atoms with Crippen LogP contribution in [0.1, 0.15) is 46.3 Å². The molecule has 2 unspecified atom stereocenters. The molecule has 6 nitrogen and oxygen atoms in total. The lowest BCUT2D eigenvalue weighted by Crippen LogP contribution is -2.51. The highest BCUT2D eigenvalue weighted by Gasteiger charge is 2.37. The van der Waals surface area contributed by atoms with Crippen molar-refractivity contribution in [3.05, 3.63) is 68.1 Å². The summed E-state index contributed by atoms with van der Waals surface area (Å²) in [6.45, 7) is -0.0554. The van der Waals surface area contributed by atoms with E-state index in [1.54, 1.807) is 18.2 Å². The zero-order valence-electron chi connectivity index (χ0n) is 16.8. The third kappa shape index (κ3) is 4.84. The van der Waals surface area contributed by atoms with Crippen LogP contribution in [0.15, 0.2) is 45.9 Å². The Labute approximate surface area is 194 Å². The van der Waals surface area contributed by atoms with Gasteiger partial charge in [-0.3, -0.25) is 20.2 Å². The molecule has 1 aliphatic carbocycles. The maximum Gasteiger partial charge on any atom is 0.258 e. The number of hydrogen-bond acceptors (Lipinski definition) is 4. The van der Waals surface area contributed by atoms with Gasteiger partial charge in [-0.05, 0) is 66.6 Å². The van der Waals surface area contributed by atoms with Crippen molar-refractivity contribution >= 4 is 45.3 Å². The standard InChI is InChI=1S/C23H23BrClN3O3/c24-15-9-7-14(12-29)13(11-15)8-10-16-17(3-1-5-19(16)25)21(30)27-23-26-20-6-2-4-18(20)22(31)28-23/h1,3,5,7,9,11,18,20,29H,2,4,6,8,10,12H2,(H2,26,27,28,30,31). The molecule has 0 saturated heterocycles. The topological polar surface area (TPSA) is 90.8 Å². The van der Waals surface area contributed by atoms with Gasteiger partial charge < -0.3 is 5.11 Å². The first-order valence-electron chi connectivity index (χ1n) is 10.3. The summed E-state index contributed by atoms with van der Waals surface area (Å²) in [6.07, 6.45) is 3.80. The van der Waals surface area contributed by atoms with Crippen molar-refractivity contribution in [2.45, 2.75) is 44.8 Å². The number of aliphatic hydroxyl groups excluding tert-OH is 1. The first kappa shape index (κ1) is 22.0. The molecule has 1 aliphatic heterocycles. The average Bonchev–Trinajstić information content (AvgIpc) is 3.22. The lowest BCUT2D eigenvalue weighted by Gasteiger charge is -2.24. The molecule has 2 atom stereocenters. The first-order chi connectivity index (χ1) is 15.0. The average molecular weight is 505 g/mol. The molecular formula is C23H23BrClN3O3. The van der Waals surface area contributed by atoms with E-state index in [9.17, 15) is 14.7 Å². The van der Waals surface area contributed by atoms with Gasteiger partial charge in [-0.15, -0.1) is 0 Å². The van der Waals surface area contributed by atoms with E-state index in [4.69, 9.17) is 11.6 Å². The largest absolute Gasteiger partial charge is 0.392 e. The minimum Gasteiger partial charge on any atom is -0.392 e. The summed E-state index contributed by atoms with van der Waals surface area (Å²) in [7, 11) is 0. The van der Waals surface area contributed by atoms with E-state index in [2.05, 4.69) is 31.6 Å². The Bertz CT molecular complexity index is 1060. The van der Waals surface area contributed by atoms with Gasteiger partial charge in [0, 0.05) is 15.1 Å². The lowest BCUT2D eigenvalue weighted by atomic mass is 9.96. The number of carbonyl (C=O) groups excluding carboxylic acids is 2. The van der Waals surface area contributed by atoms with Crippen molar-refractivity contribution < 1.29 is 14.7 Å². The van der Waals surface area contributed by atoms with Crippen LogP contribution >= 0.6 is 27.5 Å². The van der Waals surface area contributed by atoms with E-state index < -0.39 is 0 Å². The Balaban J connectivity index is 1.53. The smallest absolute Gasteiger partial charge is 0.258 e. The van der Waals surface area contributed by atoms with Crippen LogP contribution in [-0.4, -0.2) is 28.9 Å². The molecule has 2 amide bonds. The fourth-order valence-corrected chi connectivity index (χ4v) is 4.99. The summed E-state index contributed by atoms with van der Waals surface area (Å²) in [5.74, 6) is -0.318. The number of halogens is 2. The molecule has 3 N–H and O–H groups in total. The van der Waals surface area contributed by atoms with E-state index in [1.807, 2.05) is 18.2 Å². The first-order valence-corrected chi connectivity index (χ1v) is 11.5. The Morgan fingerprint density at radius 3 is 2.87 bits per heavy atom. The second-order valence-corrected chi connectivity index (χ2v) is 9.19. The Hall–Kier alpha value is -2.22. The number of hydrogen-bond donors (Lipinski definition) is 3. The third-order valence-electron chi connectivity index (χ3n) is 5.93. The zero-order valence-corrected chi connectivity index (χ0v) is 19.2. The van der Waals surface area contributed by atoms with Crippen molar-refractivity contribution in [1.29, 1.82) is 0 Å². The summed E-state index contributed by atoms with van der Waals surface area (Å²) in [5.41, 5.74) is 2.98. The predicted molar refractivity (Wildman–Crippen MR) is 123 cm³/mol. The van der Waals surface area contributed by atoms with Crippen LogP contribution in [0.25, 0.3) is 0 Å². The molecule has 1 heterocycles. The van der Waals surface area contributed by atoms with Gasteiger partial charge in [0.1, 0.15) is 0 Å². The summed E-state index contributed by atoms with van der Waals surface area (Å²) < 4.78 is 0.924. The number of aryl methyl sites for hydroxylation is 1. The molecule has 2 aliphatic rings. The minimum atomic E-state index is -0.357. The van der Waals surface area contributed by atoms with Gasteiger partial charge >= 0.3 is 0 Å². The molecule has 2 aromatic rings. The maximum atomic E-state index is 13.0. The summed E-state index contributed by atoms with van der Waals surface area (Å²) in [5, 5.41) is 15.6. The number of fused-ring (bicyclic) bond motifs is 1. The number of rotatable bonds is 5. The van der Waals surface area contributed by atoms with Crippen LogP contribution in [0.5, 0.6) is 0 Å². The fourth-order valence-electron chi connectivity index (χ4n) is 4.31. The van der Waals surface area contributed by atoms with Gasteiger partial charge in [0.2, 0.25) is 11.9 Å². The summed E-state index contributed by atoms with van der Waals surface area (Å²) in [4.78, 5) is 29.8. The second-order valence-electron chi connectivity index (χ2n) is 7.86.